The molecule has 3 nitrogen and oxygen atoms in total. The summed E-state index contributed by atoms with van der Waals surface area (Å²) in [6, 6.07) is 6.82. The van der Waals surface area contributed by atoms with Crippen LogP contribution in [0.4, 0.5) is 0 Å². The standard InChI is InChI=1S/C8H9ClO3S.Na.H/c9-8-3-1-7(2-4-8)5-6-13(10,11)12;;/h1-4H,5-6H2,(H,10,11,12);;. The number of rotatable bonds is 3. The van der Waals surface area contributed by atoms with Gasteiger partial charge in [0.25, 0.3) is 10.1 Å². The fourth-order valence-corrected chi connectivity index (χ4v) is 1.52. The molecule has 0 spiro atoms. The summed E-state index contributed by atoms with van der Waals surface area (Å²) < 4.78 is 29.3. The van der Waals surface area contributed by atoms with Crippen LogP contribution in [0.25, 0.3) is 0 Å². The van der Waals surface area contributed by atoms with Gasteiger partial charge in [-0.1, -0.05) is 23.7 Å². The topological polar surface area (TPSA) is 54.4 Å². The van der Waals surface area contributed by atoms with Crippen LogP contribution in [0.15, 0.2) is 24.3 Å². The van der Waals surface area contributed by atoms with E-state index in [0.29, 0.717) is 11.4 Å². The van der Waals surface area contributed by atoms with E-state index in [1.807, 2.05) is 0 Å². The molecular weight excluding hydrogens is 235 g/mol. The van der Waals surface area contributed by atoms with Gasteiger partial charge in [-0.2, -0.15) is 8.42 Å². The Morgan fingerprint density at radius 3 is 2.14 bits per heavy atom. The molecule has 0 radical (unpaired) electrons. The van der Waals surface area contributed by atoms with E-state index in [1.165, 1.54) is 0 Å². The fraction of sp³-hybridized carbons (Fsp3) is 0.250. The van der Waals surface area contributed by atoms with Crippen LogP contribution in [-0.2, 0) is 16.5 Å². The molecule has 0 unspecified atom stereocenters. The van der Waals surface area contributed by atoms with E-state index in [2.05, 4.69) is 0 Å². The zero-order valence-electron chi connectivity index (χ0n) is 6.77. The minimum atomic E-state index is -3.87. The summed E-state index contributed by atoms with van der Waals surface area (Å²) in [4.78, 5) is 0. The van der Waals surface area contributed by atoms with Crippen LogP contribution in [0.3, 0.4) is 0 Å². The first-order valence-electron chi connectivity index (χ1n) is 3.67. The van der Waals surface area contributed by atoms with Gasteiger partial charge >= 0.3 is 29.6 Å². The predicted octanol–water partition coefficient (Wildman–Crippen LogP) is 1.12. The van der Waals surface area contributed by atoms with Gasteiger partial charge in [0.15, 0.2) is 0 Å². The van der Waals surface area contributed by atoms with Crippen molar-refractivity contribution in [2.75, 3.05) is 5.75 Å². The molecule has 0 saturated carbocycles. The van der Waals surface area contributed by atoms with Crippen molar-refractivity contribution < 1.29 is 13.0 Å². The van der Waals surface area contributed by atoms with Crippen molar-refractivity contribution in [2.45, 2.75) is 6.42 Å². The molecule has 1 N–H and O–H groups in total. The van der Waals surface area contributed by atoms with Crippen molar-refractivity contribution in [3.8, 4) is 0 Å². The predicted molar refractivity (Wildman–Crippen MR) is 58.7 cm³/mol. The molecule has 0 bridgehead atoms. The van der Waals surface area contributed by atoms with Crippen LogP contribution in [-0.4, -0.2) is 48.3 Å². The number of aryl methyl sites for hydroxylation is 1. The van der Waals surface area contributed by atoms with Crippen molar-refractivity contribution >= 4 is 51.3 Å². The average Bonchev–Trinajstić information content (AvgIpc) is 2.02. The maximum atomic E-state index is 10.4. The molecule has 0 fully saturated rings. The summed E-state index contributed by atoms with van der Waals surface area (Å²) in [5.74, 6) is -0.255. The Labute approximate surface area is 111 Å². The Morgan fingerprint density at radius 1 is 1.21 bits per heavy atom. The number of benzene rings is 1. The van der Waals surface area contributed by atoms with Gasteiger partial charge in [0, 0.05) is 5.02 Å². The molecule has 0 heterocycles. The van der Waals surface area contributed by atoms with E-state index in [4.69, 9.17) is 16.2 Å². The van der Waals surface area contributed by atoms with Crippen LogP contribution in [0, 0.1) is 0 Å². The number of halogens is 1. The van der Waals surface area contributed by atoms with E-state index in [0.717, 1.165) is 5.56 Å². The molecule has 0 atom stereocenters. The fourth-order valence-electron chi connectivity index (χ4n) is 0.898. The third kappa shape index (κ3) is 6.01. The average molecular weight is 245 g/mol. The molecule has 0 aliphatic rings. The second-order valence-corrected chi connectivity index (χ2v) is 4.67. The van der Waals surface area contributed by atoms with Gasteiger partial charge in [0.05, 0.1) is 5.75 Å². The molecule has 74 valence electrons. The maximum absolute atomic E-state index is 10.4. The van der Waals surface area contributed by atoms with Crippen LogP contribution in [0.5, 0.6) is 0 Å². The Balaban J connectivity index is 0.00000169. The zero-order valence-corrected chi connectivity index (χ0v) is 8.35. The molecule has 1 aromatic rings. The molecule has 1 rings (SSSR count). The van der Waals surface area contributed by atoms with Crippen molar-refractivity contribution in [3.05, 3.63) is 34.9 Å². The van der Waals surface area contributed by atoms with E-state index in [-0.39, 0.29) is 35.3 Å². The molecule has 0 aliphatic heterocycles. The molecule has 0 saturated heterocycles. The molecule has 14 heavy (non-hydrogen) atoms. The first-order valence-corrected chi connectivity index (χ1v) is 5.66. The van der Waals surface area contributed by atoms with Crippen molar-refractivity contribution in [3.63, 3.8) is 0 Å². The van der Waals surface area contributed by atoms with Crippen molar-refractivity contribution in [2.24, 2.45) is 0 Å². The second kappa shape index (κ2) is 6.10. The third-order valence-corrected chi connectivity index (χ3v) is 2.53. The first-order chi connectivity index (χ1) is 5.97. The van der Waals surface area contributed by atoms with Crippen molar-refractivity contribution in [1.82, 2.24) is 0 Å². The van der Waals surface area contributed by atoms with Crippen LogP contribution in [0.1, 0.15) is 5.56 Å². The van der Waals surface area contributed by atoms with E-state index >= 15 is 0 Å². The zero-order chi connectivity index (χ0) is 9.90. The monoisotopic (exact) mass is 244 g/mol. The molecule has 0 aliphatic carbocycles. The Kier molecular flexibility index (Phi) is 6.28. The summed E-state index contributed by atoms with van der Waals surface area (Å²) >= 11 is 5.63. The van der Waals surface area contributed by atoms with E-state index < -0.39 is 10.1 Å². The number of hydrogen-bond acceptors (Lipinski definition) is 2. The Hall–Kier alpha value is 0.420. The quantitative estimate of drug-likeness (QED) is 0.640. The van der Waals surface area contributed by atoms with Gasteiger partial charge in [-0.05, 0) is 24.1 Å². The van der Waals surface area contributed by atoms with E-state index in [1.54, 1.807) is 24.3 Å². The summed E-state index contributed by atoms with van der Waals surface area (Å²) in [5, 5.41) is 0.607. The number of hydrogen-bond donors (Lipinski definition) is 1. The van der Waals surface area contributed by atoms with E-state index in [9.17, 15) is 8.42 Å². The van der Waals surface area contributed by atoms with Gasteiger partial charge in [0.2, 0.25) is 0 Å². The van der Waals surface area contributed by atoms with Gasteiger partial charge in [-0.15, -0.1) is 0 Å². The molecular formula is C8H10ClNaO3S. The first kappa shape index (κ1) is 14.4. The SMILES string of the molecule is O=S(=O)(O)CCc1ccc(Cl)cc1.[NaH]. The van der Waals surface area contributed by atoms with Crippen LogP contribution in [0.2, 0.25) is 5.02 Å². The van der Waals surface area contributed by atoms with Gasteiger partial charge in [-0.3, -0.25) is 4.55 Å². The molecule has 1 aromatic carbocycles. The van der Waals surface area contributed by atoms with Gasteiger partial charge in [-0.25, -0.2) is 0 Å². The van der Waals surface area contributed by atoms with Gasteiger partial charge < -0.3 is 0 Å². The van der Waals surface area contributed by atoms with Crippen LogP contribution >= 0.6 is 11.6 Å². The van der Waals surface area contributed by atoms with Gasteiger partial charge in [0.1, 0.15) is 0 Å². The Morgan fingerprint density at radius 2 is 1.71 bits per heavy atom. The van der Waals surface area contributed by atoms with Crippen molar-refractivity contribution in [1.29, 1.82) is 0 Å². The van der Waals surface area contributed by atoms with Crippen LogP contribution < -0.4 is 0 Å². The molecule has 0 aromatic heterocycles. The Bertz CT molecular complexity index is 374. The molecule has 0 amide bonds. The molecule has 6 heteroatoms. The normalized spacial score (nSPS) is 10.7. The second-order valence-electron chi connectivity index (χ2n) is 2.66. The summed E-state index contributed by atoms with van der Waals surface area (Å²) in [6.45, 7) is 0. The third-order valence-electron chi connectivity index (χ3n) is 1.56. The summed E-state index contributed by atoms with van der Waals surface area (Å²) in [7, 11) is -3.87. The minimum absolute atomic E-state index is 0. The summed E-state index contributed by atoms with van der Waals surface area (Å²) in [5.41, 5.74) is 0.835. The summed E-state index contributed by atoms with van der Waals surface area (Å²) in [6.07, 6.45) is 0.302.